The highest BCUT2D eigenvalue weighted by Gasteiger charge is 2.38. The highest BCUT2D eigenvalue weighted by atomic mass is 32.2. The van der Waals surface area contributed by atoms with E-state index in [1.54, 1.807) is 0 Å². The molecule has 2 aromatic heterocycles. The molecule has 7 nitrogen and oxygen atoms in total. The van der Waals surface area contributed by atoms with Crippen molar-refractivity contribution >= 4 is 10.0 Å². The van der Waals surface area contributed by atoms with Gasteiger partial charge < -0.3 is 0 Å². The summed E-state index contributed by atoms with van der Waals surface area (Å²) in [6.07, 6.45) is -4.15. The maximum absolute atomic E-state index is 14.0. The first-order chi connectivity index (χ1) is 12.5. The van der Waals surface area contributed by atoms with E-state index in [4.69, 9.17) is 5.14 Å². The van der Waals surface area contributed by atoms with Crippen LogP contribution in [0.4, 0.5) is 22.0 Å². The molecular weight excluding hydrogens is 397 g/mol. The van der Waals surface area contributed by atoms with E-state index in [0.717, 1.165) is 30.5 Å². The van der Waals surface area contributed by atoms with Crippen molar-refractivity contribution in [3.05, 3.63) is 54.0 Å². The first-order valence-corrected chi connectivity index (χ1v) is 8.50. The third kappa shape index (κ3) is 3.78. The molecule has 0 aliphatic carbocycles. The molecule has 0 amide bonds. The highest BCUT2D eigenvalue weighted by Crippen LogP contribution is 2.31. The monoisotopic (exact) mass is 405 g/mol. The van der Waals surface area contributed by atoms with Crippen LogP contribution in [0.3, 0.4) is 0 Å². The highest BCUT2D eigenvalue weighted by molar-refractivity contribution is 7.89. The Bertz CT molecular complexity index is 1110. The number of benzene rings is 1. The maximum Gasteiger partial charge on any atom is 0.453 e. The zero-order chi connectivity index (χ0) is 20.0. The summed E-state index contributed by atoms with van der Waals surface area (Å²) < 4.78 is 89.2. The molecule has 142 valence electrons. The fraction of sp³-hybridized carbons (Fsp3) is 0.0714. The molecule has 1 aromatic carbocycles. The lowest BCUT2D eigenvalue weighted by atomic mass is 10.2. The fourth-order valence-corrected chi connectivity index (χ4v) is 2.56. The Morgan fingerprint density at radius 1 is 1.07 bits per heavy atom. The van der Waals surface area contributed by atoms with E-state index in [-0.39, 0.29) is 5.82 Å². The third-order valence-electron chi connectivity index (χ3n) is 3.30. The summed E-state index contributed by atoms with van der Waals surface area (Å²) in [6.45, 7) is 0. The van der Waals surface area contributed by atoms with Crippen LogP contribution in [-0.4, -0.2) is 28.2 Å². The second-order valence-electron chi connectivity index (χ2n) is 5.19. The van der Waals surface area contributed by atoms with Crippen molar-refractivity contribution in [2.24, 2.45) is 5.14 Å². The van der Waals surface area contributed by atoms with Gasteiger partial charge in [0.25, 0.3) is 5.82 Å². The molecular formula is C14H8F5N5O2S. The number of halogens is 5. The van der Waals surface area contributed by atoms with Crippen LogP contribution in [-0.2, 0) is 16.2 Å². The molecule has 13 heteroatoms. The molecule has 27 heavy (non-hydrogen) atoms. The maximum atomic E-state index is 14.0. The van der Waals surface area contributed by atoms with Crippen molar-refractivity contribution in [3.8, 4) is 17.2 Å². The number of primary sulfonamides is 1. The van der Waals surface area contributed by atoms with Gasteiger partial charge in [0.15, 0.2) is 11.6 Å². The average Bonchev–Trinajstić information content (AvgIpc) is 2.99. The van der Waals surface area contributed by atoms with E-state index >= 15 is 0 Å². The van der Waals surface area contributed by atoms with Crippen molar-refractivity contribution in [3.63, 3.8) is 0 Å². The topological polar surface area (TPSA) is 104 Å². The Kier molecular flexibility index (Phi) is 4.43. The van der Waals surface area contributed by atoms with Crippen LogP contribution >= 0.6 is 0 Å². The van der Waals surface area contributed by atoms with Crippen LogP contribution in [0.15, 0.2) is 41.4 Å². The van der Waals surface area contributed by atoms with E-state index in [9.17, 15) is 30.4 Å². The molecule has 3 rings (SSSR count). The molecule has 0 fully saturated rings. The molecule has 0 saturated heterocycles. The third-order valence-corrected chi connectivity index (χ3v) is 4.20. The van der Waals surface area contributed by atoms with Gasteiger partial charge in [-0.2, -0.15) is 17.9 Å². The summed E-state index contributed by atoms with van der Waals surface area (Å²) in [5.41, 5.74) is -0.461. The molecule has 3 aromatic rings. The number of hydrogen-bond acceptors (Lipinski definition) is 5. The minimum atomic E-state index is -4.95. The first kappa shape index (κ1) is 18.8. The predicted octanol–water partition coefficient (Wildman–Crippen LogP) is 2.27. The number of rotatable bonds is 3. The minimum absolute atomic E-state index is 0.288. The number of sulfonamides is 1. The van der Waals surface area contributed by atoms with Crippen LogP contribution in [0.2, 0.25) is 0 Å². The van der Waals surface area contributed by atoms with Crippen molar-refractivity contribution in [1.29, 1.82) is 0 Å². The lowest BCUT2D eigenvalue weighted by molar-refractivity contribution is -0.144. The van der Waals surface area contributed by atoms with Gasteiger partial charge in [0.1, 0.15) is 16.5 Å². The van der Waals surface area contributed by atoms with E-state index in [1.807, 2.05) is 0 Å². The summed E-state index contributed by atoms with van der Waals surface area (Å²) >= 11 is 0. The SMILES string of the molecule is NS(=O)(=O)c1ccc(-n2nc(C(F)(F)F)nc2-c2ccc(F)cc2F)nc1. The molecule has 0 aliphatic heterocycles. The van der Waals surface area contributed by atoms with Crippen LogP contribution in [0.25, 0.3) is 17.2 Å². The number of pyridine rings is 1. The van der Waals surface area contributed by atoms with Gasteiger partial charge in [0.2, 0.25) is 10.0 Å². The number of aromatic nitrogens is 4. The van der Waals surface area contributed by atoms with Crippen LogP contribution in [0.5, 0.6) is 0 Å². The fourth-order valence-electron chi connectivity index (χ4n) is 2.10. The van der Waals surface area contributed by atoms with Crippen molar-refractivity contribution in [1.82, 2.24) is 19.7 Å². The normalized spacial score (nSPS) is 12.4. The molecule has 0 atom stereocenters. The second kappa shape index (κ2) is 6.35. The van der Waals surface area contributed by atoms with Gasteiger partial charge in [-0.3, -0.25) is 0 Å². The molecule has 0 unspecified atom stereocenters. The molecule has 2 heterocycles. The van der Waals surface area contributed by atoms with E-state index in [0.29, 0.717) is 10.7 Å². The molecule has 0 bridgehead atoms. The average molecular weight is 405 g/mol. The van der Waals surface area contributed by atoms with Gasteiger partial charge in [0, 0.05) is 12.3 Å². The summed E-state index contributed by atoms with van der Waals surface area (Å²) in [5, 5.41) is 8.19. The smallest absolute Gasteiger partial charge is 0.236 e. The van der Waals surface area contributed by atoms with Crippen LogP contribution in [0, 0.1) is 11.6 Å². The Morgan fingerprint density at radius 2 is 1.78 bits per heavy atom. The quantitative estimate of drug-likeness (QED) is 0.674. The van der Waals surface area contributed by atoms with E-state index in [1.165, 1.54) is 0 Å². The van der Waals surface area contributed by atoms with Gasteiger partial charge in [0.05, 0.1) is 5.56 Å². The summed E-state index contributed by atoms with van der Waals surface area (Å²) in [4.78, 5) is 6.56. The second-order valence-corrected chi connectivity index (χ2v) is 6.75. The van der Waals surface area contributed by atoms with Gasteiger partial charge in [-0.05, 0) is 24.3 Å². The van der Waals surface area contributed by atoms with Crippen LogP contribution < -0.4 is 5.14 Å². The molecule has 2 N–H and O–H groups in total. The molecule has 0 spiro atoms. The van der Waals surface area contributed by atoms with Gasteiger partial charge in [-0.25, -0.2) is 32.3 Å². The van der Waals surface area contributed by atoms with Crippen molar-refractivity contribution in [2.45, 2.75) is 11.1 Å². The standard InChI is InChI=1S/C14H8F5N5O2S/c15-7-1-3-9(10(16)5-7)12-22-13(14(17,18)19)23-24(12)11-4-2-8(6-21-11)27(20,25)26/h1-6H,(H2,20,25,26). The number of alkyl halides is 3. The van der Waals surface area contributed by atoms with Gasteiger partial charge in [-0.1, -0.05) is 0 Å². The predicted molar refractivity (Wildman–Crippen MR) is 80.9 cm³/mol. The molecule has 0 radical (unpaired) electrons. The Hall–Kier alpha value is -2.93. The Labute approximate surface area is 148 Å². The van der Waals surface area contributed by atoms with Crippen molar-refractivity contribution < 1.29 is 30.4 Å². The molecule has 0 saturated carbocycles. The van der Waals surface area contributed by atoms with Gasteiger partial charge in [-0.15, -0.1) is 5.10 Å². The van der Waals surface area contributed by atoms with Gasteiger partial charge >= 0.3 is 6.18 Å². The lowest BCUT2D eigenvalue weighted by Crippen LogP contribution is -2.13. The number of nitrogens with zero attached hydrogens (tertiary/aromatic N) is 4. The van der Waals surface area contributed by atoms with Crippen LogP contribution in [0.1, 0.15) is 5.82 Å². The minimum Gasteiger partial charge on any atom is -0.236 e. The Balaban J connectivity index is 2.21. The first-order valence-electron chi connectivity index (χ1n) is 6.96. The summed E-state index contributed by atoms with van der Waals surface area (Å²) in [6, 6.07) is 4.20. The van der Waals surface area contributed by atoms with Crippen molar-refractivity contribution in [2.75, 3.05) is 0 Å². The largest absolute Gasteiger partial charge is 0.453 e. The van der Waals surface area contributed by atoms with E-state index < -0.39 is 49.9 Å². The number of hydrogen-bond donors (Lipinski definition) is 1. The zero-order valence-corrected chi connectivity index (χ0v) is 13.8. The lowest BCUT2D eigenvalue weighted by Gasteiger charge is -2.06. The zero-order valence-electron chi connectivity index (χ0n) is 12.9. The number of nitrogens with two attached hydrogens (primary N) is 1. The van der Waals surface area contributed by atoms with E-state index in [2.05, 4.69) is 15.1 Å². The summed E-state index contributed by atoms with van der Waals surface area (Å²) in [7, 11) is -4.08. The Morgan fingerprint density at radius 3 is 2.30 bits per heavy atom. The summed E-state index contributed by atoms with van der Waals surface area (Å²) in [5.74, 6) is -4.58. The molecule has 0 aliphatic rings.